The van der Waals surface area contributed by atoms with Gasteiger partial charge >= 0.3 is 6.01 Å². The van der Waals surface area contributed by atoms with Crippen LogP contribution in [-0.2, 0) is 16.0 Å². The zero-order valence-electron chi connectivity index (χ0n) is 49.3. The predicted molar refractivity (Wildman–Crippen MR) is 324 cm³/mol. The molecule has 2 amide bonds. The molecule has 4 aromatic heterocycles. The molecule has 6 fully saturated rings. The number of carbonyl (C=O) groups is 2. The number of halogens is 1. The third-order valence-corrected chi connectivity index (χ3v) is 20.4. The van der Waals surface area contributed by atoms with Crippen molar-refractivity contribution >= 4 is 50.6 Å². The zero-order valence-corrected chi connectivity index (χ0v) is 50.1. The smallest absolute Gasteiger partial charge is 0.319 e. The molecule has 10 heterocycles. The number of aromatic nitrogens is 5. The lowest BCUT2D eigenvalue weighted by atomic mass is 9.91. The minimum absolute atomic E-state index is 0.0471. The van der Waals surface area contributed by atoms with E-state index in [4.69, 9.17) is 28.9 Å². The van der Waals surface area contributed by atoms with Crippen molar-refractivity contribution in [3.8, 4) is 39.3 Å². The number of nitrogens with zero attached hydrogens (tertiary/aromatic N) is 9. The summed E-state index contributed by atoms with van der Waals surface area (Å²) in [6, 6.07) is 19.1. The number of thiazole rings is 1. The minimum Gasteiger partial charge on any atom is -0.508 e. The van der Waals surface area contributed by atoms with E-state index in [1.165, 1.54) is 4.90 Å². The molecular formula is C65H78FN11O7S. The van der Waals surface area contributed by atoms with Gasteiger partial charge in [0.05, 0.1) is 45.8 Å². The van der Waals surface area contributed by atoms with Crippen LogP contribution in [0.15, 0.2) is 76.9 Å². The van der Waals surface area contributed by atoms with E-state index in [1.54, 1.807) is 35.7 Å². The fraction of sp³-hybridized carbons (Fsp3) is 0.523. The first-order chi connectivity index (χ1) is 41.2. The first kappa shape index (κ1) is 57.2. The fourth-order valence-corrected chi connectivity index (χ4v) is 15.7. The summed E-state index contributed by atoms with van der Waals surface area (Å²) in [5, 5.41) is 35.0. The highest BCUT2D eigenvalue weighted by Crippen LogP contribution is 2.45. The number of benzene rings is 3. The highest BCUT2D eigenvalue weighted by molar-refractivity contribution is 7.13. The number of aliphatic hydroxyl groups is 1. The van der Waals surface area contributed by atoms with Crippen molar-refractivity contribution in [1.82, 2.24) is 50.4 Å². The molecule has 18 nitrogen and oxygen atoms in total. The average Bonchev–Trinajstić information content (AvgIpc) is 3.49. The number of carbonyl (C=O) groups excluding carboxylic acids is 2. The second kappa shape index (κ2) is 23.8. The van der Waals surface area contributed by atoms with Gasteiger partial charge in [-0.25, -0.2) is 9.37 Å². The second-order valence-electron chi connectivity index (χ2n) is 25.3. The van der Waals surface area contributed by atoms with Gasteiger partial charge in [0.25, 0.3) is 5.88 Å². The molecule has 0 radical (unpaired) electrons. The second-order valence-corrected chi connectivity index (χ2v) is 26.1. The highest BCUT2D eigenvalue weighted by atomic mass is 32.1. The summed E-state index contributed by atoms with van der Waals surface area (Å²) < 4.78 is 36.2. The summed E-state index contributed by atoms with van der Waals surface area (Å²) in [6.07, 6.45) is 10.0. The number of hydrogen-bond acceptors (Lipinski definition) is 17. The van der Waals surface area contributed by atoms with Crippen molar-refractivity contribution < 1.29 is 38.2 Å². The lowest BCUT2D eigenvalue weighted by Crippen LogP contribution is -2.51. The number of fused-ring (bicyclic) bond motifs is 5. The molecule has 20 heteroatoms. The SMILES string of the molecule is CCc1cccc2cc(O)cc(-c3ncc4c(N5CC6CCC(C5)N6)nc(OC[C@@]56CCCN5[C@H](CN5CCC(COc7cc([C@@H](C(=O)N8C[C@H](O)C[C@H]8C(=O)N[C@@H](C)c8ccc(-c9scnc9C)cc8)C(C)C)on7)CC5)CC6)nc4c3F)c12. The molecule has 13 rings (SSSR count). The van der Waals surface area contributed by atoms with Crippen LogP contribution >= 0.6 is 11.3 Å². The van der Waals surface area contributed by atoms with E-state index in [9.17, 15) is 19.8 Å². The number of nitrogens with one attached hydrogen (secondary N) is 2. The van der Waals surface area contributed by atoms with Crippen LogP contribution in [0.3, 0.4) is 0 Å². The monoisotopic (exact) mass is 1180 g/mol. The Bertz CT molecular complexity index is 3580. The average molecular weight is 1180 g/mol. The molecular weight excluding hydrogens is 1100 g/mol. The van der Waals surface area contributed by atoms with Gasteiger partial charge in [0.2, 0.25) is 11.8 Å². The van der Waals surface area contributed by atoms with Crippen LogP contribution in [0, 0.1) is 24.6 Å². The van der Waals surface area contributed by atoms with Crippen LogP contribution < -0.4 is 25.0 Å². The van der Waals surface area contributed by atoms with E-state index in [0.717, 1.165) is 135 Å². The molecule has 85 heavy (non-hydrogen) atoms. The molecule has 2 unspecified atom stereocenters. The van der Waals surface area contributed by atoms with Gasteiger partial charge in [0.15, 0.2) is 11.6 Å². The Kier molecular flexibility index (Phi) is 16.0. The lowest BCUT2D eigenvalue weighted by molar-refractivity contribution is -0.141. The topological polar surface area (TPSA) is 208 Å². The van der Waals surface area contributed by atoms with Gasteiger partial charge < -0.3 is 49.5 Å². The molecule has 0 saturated carbocycles. The number of aryl methyl sites for hydroxylation is 2. The number of phenolic OH excluding ortho intramolecular Hbond substituents is 1. The summed E-state index contributed by atoms with van der Waals surface area (Å²) in [5.41, 5.74) is 6.53. The van der Waals surface area contributed by atoms with Crippen LogP contribution in [0.25, 0.3) is 43.4 Å². The first-order valence-electron chi connectivity index (χ1n) is 30.8. The number of β-amino-alcohol motifs (C(OH)–C–C–N with tert-alkyl or cyclic N) is 1. The lowest BCUT2D eigenvalue weighted by Gasteiger charge is -2.38. The number of anilines is 1. The quantitative estimate of drug-likeness (QED) is 0.0631. The first-order valence-corrected chi connectivity index (χ1v) is 31.7. The maximum atomic E-state index is 17.4. The Morgan fingerprint density at radius 1 is 0.953 bits per heavy atom. The Labute approximate surface area is 499 Å². The Morgan fingerprint density at radius 3 is 2.51 bits per heavy atom. The van der Waals surface area contributed by atoms with Gasteiger partial charge in [-0.05, 0) is 148 Å². The third-order valence-electron chi connectivity index (χ3n) is 19.4. The number of aromatic hydroxyl groups is 1. The van der Waals surface area contributed by atoms with Gasteiger partial charge in [-0.1, -0.05) is 63.2 Å². The van der Waals surface area contributed by atoms with Crippen LogP contribution in [-0.4, -0.2) is 157 Å². The zero-order chi connectivity index (χ0) is 58.7. The number of piperidine rings is 1. The number of hydrogen-bond donors (Lipinski definition) is 4. The molecule has 448 valence electrons. The number of likely N-dealkylation sites (tertiary alicyclic amines) is 2. The molecule has 6 saturated heterocycles. The predicted octanol–water partition coefficient (Wildman–Crippen LogP) is 9.36. The van der Waals surface area contributed by atoms with Crippen molar-refractivity contribution in [2.75, 3.05) is 63.9 Å². The normalized spacial score (nSPS) is 24.4. The van der Waals surface area contributed by atoms with E-state index in [0.29, 0.717) is 65.7 Å². The molecule has 2 bridgehead atoms. The number of phenols is 1. The summed E-state index contributed by atoms with van der Waals surface area (Å²) in [6.45, 7) is 16.2. The number of amides is 2. The highest BCUT2D eigenvalue weighted by Gasteiger charge is 2.51. The molecule has 6 aliphatic rings. The number of ether oxygens (including phenoxy) is 2. The molecule has 0 aliphatic carbocycles. The summed E-state index contributed by atoms with van der Waals surface area (Å²) in [4.78, 5) is 57.5. The van der Waals surface area contributed by atoms with E-state index in [2.05, 4.69) is 42.4 Å². The molecule has 4 N–H and O–H groups in total. The van der Waals surface area contributed by atoms with Crippen LogP contribution in [0.1, 0.15) is 120 Å². The summed E-state index contributed by atoms with van der Waals surface area (Å²) >= 11 is 1.59. The van der Waals surface area contributed by atoms with E-state index in [-0.39, 0.29) is 65.2 Å². The van der Waals surface area contributed by atoms with E-state index < -0.39 is 23.9 Å². The third kappa shape index (κ3) is 11.3. The summed E-state index contributed by atoms with van der Waals surface area (Å²) in [7, 11) is 0. The maximum Gasteiger partial charge on any atom is 0.319 e. The summed E-state index contributed by atoms with van der Waals surface area (Å²) in [5.74, 6) is -0.359. The largest absolute Gasteiger partial charge is 0.508 e. The maximum absolute atomic E-state index is 17.4. The Balaban J connectivity index is 0.626. The Hall–Kier alpha value is -6.84. The molecule has 7 aromatic rings. The number of pyridine rings is 1. The van der Waals surface area contributed by atoms with Gasteiger partial charge in [-0.15, -0.1) is 11.3 Å². The van der Waals surface area contributed by atoms with Crippen molar-refractivity contribution in [1.29, 1.82) is 0 Å². The van der Waals surface area contributed by atoms with Crippen LogP contribution in [0.2, 0.25) is 0 Å². The van der Waals surface area contributed by atoms with Crippen molar-refractivity contribution in [3.05, 3.63) is 101 Å². The van der Waals surface area contributed by atoms with Crippen LogP contribution in [0.5, 0.6) is 17.6 Å². The minimum atomic E-state index is -0.838. The van der Waals surface area contributed by atoms with Gasteiger partial charge in [-0.2, -0.15) is 9.97 Å². The number of rotatable bonds is 18. The number of piperazine rings is 1. The van der Waals surface area contributed by atoms with Crippen molar-refractivity contribution in [2.45, 2.75) is 147 Å². The molecule has 8 atom stereocenters. The Morgan fingerprint density at radius 2 is 1.75 bits per heavy atom. The standard InChI is InChI=1S/C65H78FN11O7S/c1-6-41-9-7-10-44-25-48(78)26-50(56(41)44)58-57(66)59-51(29-67-58)61(75-30-45-15-16-46(31-75)70-45)72-64(71-59)83-35-65-20-8-22-77(65)47(17-21-65)32-74-23-18-40(19-24-74)34-82-54-28-53(84-73-54)55(37(2)3)63(81)76-33-49(79)27-52(76)62(80)69-38(4)42-11-13-43(14-12-42)60-39(5)68-36-85-60/h7,9-14,25-26,28-29,36-38,40,45-47,49,52,55,70,78-79H,6,8,15-24,27,30-35H2,1-5H3,(H,69,80)/t38-,45?,46?,47-,49+,52-,55-,65-/m0/s1. The van der Waals surface area contributed by atoms with Gasteiger partial charge in [0, 0.05) is 68.6 Å². The van der Waals surface area contributed by atoms with E-state index in [1.807, 2.05) is 75.7 Å². The van der Waals surface area contributed by atoms with Gasteiger partial charge in [0.1, 0.15) is 41.3 Å². The van der Waals surface area contributed by atoms with Crippen LogP contribution in [0.4, 0.5) is 10.2 Å². The molecule has 3 aromatic carbocycles. The van der Waals surface area contributed by atoms with Crippen molar-refractivity contribution in [3.63, 3.8) is 0 Å². The molecule has 6 aliphatic heterocycles. The van der Waals surface area contributed by atoms with Gasteiger partial charge in [-0.3, -0.25) is 19.5 Å². The fourth-order valence-electron chi connectivity index (χ4n) is 14.9. The number of aliphatic hydroxyl groups excluding tert-OH is 1. The van der Waals surface area contributed by atoms with E-state index >= 15 is 4.39 Å². The molecule has 0 spiro atoms. The van der Waals surface area contributed by atoms with Crippen molar-refractivity contribution in [2.24, 2.45) is 11.8 Å².